The highest BCUT2D eigenvalue weighted by Crippen LogP contribution is 2.45. The van der Waals surface area contributed by atoms with E-state index in [1.807, 2.05) is 35.7 Å². The Morgan fingerprint density at radius 3 is 2.22 bits per heavy atom. The van der Waals surface area contributed by atoms with Crippen molar-refractivity contribution in [3.05, 3.63) is 35.4 Å². The van der Waals surface area contributed by atoms with Crippen molar-refractivity contribution in [1.82, 2.24) is 5.32 Å². The third-order valence-corrected chi connectivity index (χ3v) is 8.27. The maximum Gasteiger partial charge on any atom is 0.329 e. The summed E-state index contributed by atoms with van der Waals surface area (Å²) < 4.78 is 0.452. The smallest absolute Gasteiger partial charge is 0.329 e. The minimum absolute atomic E-state index is 0.294. The largest absolute Gasteiger partial charge is 0.480 e. The molecule has 0 unspecified atom stereocenters. The van der Waals surface area contributed by atoms with Gasteiger partial charge in [-0.15, -0.1) is 23.5 Å². The predicted octanol–water partition coefficient (Wildman–Crippen LogP) is 3.25. The Morgan fingerprint density at radius 1 is 1.04 bits per heavy atom. The number of amides is 1. The summed E-state index contributed by atoms with van der Waals surface area (Å²) in [5, 5.41) is 12.3. The van der Waals surface area contributed by atoms with E-state index in [0.29, 0.717) is 23.0 Å². The number of carbonyl (C=O) groups is 2. The maximum atomic E-state index is 12.5. The van der Waals surface area contributed by atoms with Gasteiger partial charge in [0.1, 0.15) is 5.54 Å². The van der Waals surface area contributed by atoms with E-state index < -0.39 is 11.5 Å². The topological polar surface area (TPSA) is 66.4 Å². The molecule has 0 radical (unpaired) electrons. The summed E-state index contributed by atoms with van der Waals surface area (Å²) in [6, 6.07) is 7.57. The lowest BCUT2D eigenvalue weighted by Gasteiger charge is -2.33. The first-order valence-electron chi connectivity index (χ1n) is 7.58. The summed E-state index contributed by atoms with van der Waals surface area (Å²) in [5.74, 6) is 2.63. The van der Waals surface area contributed by atoms with Crippen molar-refractivity contribution >= 4 is 47.2 Å². The summed E-state index contributed by atoms with van der Waals surface area (Å²) in [6.45, 7) is 0. The molecular formula is C16H19NO3S3. The Balaban J connectivity index is 1.70. The highest BCUT2D eigenvalue weighted by molar-refractivity contribution is 8.19. The number of hydrogen-bond donors (Lipinski definition) is 2. The first-order valence-corrected chi connectivity index (χ1v) is 10.8. The van der Waals surface area contributed by atoms with Crippen molar-refractivity contribution in [1.29, 1.82) is 0 Å². The van der Waals surface area contributed by atoms with Gasteiger partial charge in [0, 0.05) is 17.1 Å². The van der Waals surface area contributed by atoms with E-state index in [-0.39, 0.29) is 5.91 Å². The lowest BCUT2D eigenvalue weighted by atomic mass is 9.92. The molecule has 1 amide bonds. The molecule has 2 N–H and O–H groups in total. The molecule has 2 saturated heterocycles. The van der Waals surface area contributed by atoms with Crippen LogP contribution in [-0.4, -0.2) is 45.5 Å². The van der Waals surface area contributed by atoms with Crippen LogP contribution in [0.1, 0.15) is 33.3 Å². The number of aliphatic carboxylic acids is 1. The highest BCUT2D eigenvalue weighted by Gasteiger charge is 2.41. The van der Waals surface area contributed by atoms with Crippen molar-refractivity contribution in [3.8, 4) is 0 Å². The minimum atomic E-state index is -1.11. The zero-order chi connectivity index (χ0) is 16.3. The van der Waals surface area contributed by atoms with Crippen molar-refractivity contribution in [2.45, 2.75) is 23.0 Å². The van der Waals surface area contributed by atoms with Gasteiger partial charge in [0.05, 0.1) is 4.58 Å². The van der Waals surface area contributed by atoms with Gasteiger partial charge in [0.15, 0.2) is 0 Å². The number of hydrogen-bond acceptors (Lipinski definition) is 5. The van der Waals surface area contributed by atoms with Crippen LogP contribution in [0.3, 0.4) is 0 Å². The molecule has 0 atom stereocenters. The molecule has 0 saturated carbocycles. The Labute approximate surface area is 148 Å². The molecule has 3 rings (SSSR count). The number of benzene rings is 1. The minimum Gasteiger partial charge on any atom is -0.480 e. The van der Waals surface area contributed by atoms with E-state index in [2.05, 4.69) is 5.32 Å². The Kier molecular flexibility index (Phi) is 5.49. The number of carboxylic acids is 1. The molecule has 7 heteroatoms. The number of carbonyl (C=O) groups excluding carboxylic acids is 1. The van der Waals surface area contributed by atoms with E-state index >= 15 is 0 Å². The molecule has 2 aliphatic heterocycles. The monoisotopic (exact) mass is 369 g/mol. The molecule has 0 aromatic heterocycles. The van der Waals surface area contributed by atoms with Gasteiger partial charge in [0.25, 0.3) is 5.91 Å². The second kappa shape index (κ2) is 7.40. The molecule has 124 valence electrons. The fourth-order valence-electron chi connectivity index (χ4n) is 2.74. The van der Waals surface area contributed by atoms with E-state index in [0.717, 1.165) is 23.0 Å². The summed E-state index contributed by atoms with van der Waals surface area (Å²) in [6.07, 6.45) is 0.957. The maximum absolute atomic E-state index is 12.5. The summed E-state index contributed by atoms with van der Waals surface area (Å²) in [5.41, 5.74) is 0.634. The fraction of sp³-hybridized carbons (Fsp3) is 0.500. The zero-order valence-electron chi connectivity index (χ0n) is 12.6. The molecule has 2 heterocycles. The van der Waals surface area contributed by atoms with Crippen LogP contribution in [0, 0.1) is 0 Å². The summed E-state index contributed by atoms with van der Waals surface area (Å²) >= 11 is 5.58. The molecule has 2 fully saturated rings. The van der Waals surface area contributed by atoms with Crippen LogP contribution < -0.4 is 5.32 Å². The van der Waals surface area contributed by atoms with E-state index in [1.165, 1.54) is 5.56 Å². The molecule has 0 spiro atoms. The van der Waals surface area contributed by atoms with Crippen LogP contribution in [0.15, 0.2) is 24.3 Å². The van der Waals surface area contributed by atoms with Crippen LogP contribution in [-0.2, 0) is 4.79 Å². The Hall–Kier alpha value is -0.790. The molecule has 0 aliphatic carbocycles. The standard InChI is InChI=1S/C16H19NO3S3/c18-13(17-16(15(19)20)5-7-21-8-6-16)11-1-3-12(4-2-11)14-22-9-10-23-14/h1-4,14H,5-10H2,(H,17,18)(H,19,20). The van der Waals surface area contributed by atoms with Gasteiger partial charge in [-0.1, -0.05) is 12.1 Å². The molecule has 0 bridgehead atoms. The lowest BCUT2D eigenvalue weighted by Crippen LogP contribution is -2.56. The van der Waals surface area contributed by atoms with Gasteiger partial charge in [-0.3, -0.25) is 4.79 Å². The first-order chi connectivity index (χ1) is 11.1. The highest BCUT2D eigenvalue weighted by atomic mass is 32.2. The van der Waals surface area contributed by atoms with Gasteiger partial charge in [-0.25, -0.2) is 4.79 Å². The van der Waals surface area contributed by atoms with Crippen LogP contribution in [0.5, 0.6) is 0 Å². The van der Waals surface area contributed by atoms with Crippen molar-refractivity contribution in [3.63, 3.8) is 0 Å². The normalized spacial score (nSPS) is 21.0. The van der Waals surface area contributed by atoms with Crippen molar-refractivity contribution in [2.24, 2.45) is 0 Å². The number of thioether (sulfide) groups is 3. The van der Waals surface area contributed by atoms with Crippen LogP contribution in [0.4, 0.5) is 0 Å². The molecule has 2 aliphatic rings. The predicted molar refractivity (Wildman–Crippen MR) is 98.5 cm³/mol. The number of carboxylic acid groups (broad SMARTS) is 1. The number of nitrogens with one attached hydrogen (secondary N) is 1. The van der Waals surface area contributed by atoms with Crippen LogP contribution >= 0.6 is 35.3 Å². The summed E-state index contributed by atoms with van der Waals surface area (Å²) in [7, 11) is 0. The Morgan fingerprint density at radius 2 is 1.65 bits per heavy atom. The zero-order valence-corrected chi connectivity index (χ0v) is 15.1. The lowest BCUT2D eigenvalue weighted by molar-refractivity contribution is -0.144. The van der Waals surface area contributed by atoms with Gasteiger partial charge < -0.3 is 10.4 Å². The second-order valence-corrected chi connectivity index (χ2v) is 9.60. The van der Waals surface area contributed by atoms with Crippen LogP contribution in [0.2, 0.25) is 0 Å². The average Bonchev–Trinajstić information content (AvgIpc) is 3.10. The van der Waals surface area contributed by atoms with Gasteiger partial charge in [0.2, 0.25) is 0 Å². The molecule has 1 aromatic rings. The van der Waals surface area contributed by atoms with E-state index in [4.69, 9.17) is 0 Å². The quantitative estimate of drug-likeness (QED) is 0.849. The third kappa shape index (κ3) is 3.83. The first kappa shape index (κ1) is 17.0. The average molecular weight is 370 g/mol. The molecule has 1 aromatic carbocycles. The van der Waals surface area contributed by atoms with Gasteiger partial charge >= 0.3 is 5.97 Å². The molecular weight excluding hydrogens is 350 g/mol. The summed E-state index contributed by atoms with van der Waals surface area (Å²) in [4.78, 5) is 24.1. The van der Waals surface area contributed by atoms with Crippen molar-refractivity contribution < 1.29 is 14.7 Å². The molecule has 4 nitrogen and oxygen atoms in total. The SMILES string of the molecule is O=C(NC1(C(=O)O)CCSCC1)c1ccc(C2SCCS2)cc1. The second-order valence-electron chi connectivity index (χ2n) is 5.65. The van der Waals surface area contributed by atoms with Crippen molar-refractivity contribution in [2.75, 3.05) is 23.0 Å². The van der Waals surface area contributed by atoms with Gasteiger partial charge in [-0.05, 0) is 42.0 Å². The van der Waals surface area contributed by atoms with Crippen LogP contribution in [0.25, 0.3) is 0 Å². The number of rotatable bonds is 4. The molecule has 23 heavy (non-hydrogen) atoms. The van der Waals surface area contributed by atoms with Gasteiger partial charge in [-0.2, -0.15) is 11.8 Å². The fourth-order valence-corrected chi connectivity index (χ4v) is 6.79. The third-order valence-electron chi connectivity index (χ3n) is 4.18. The Bertz CT molecular complexity index is 579. The van der Waals surface area contributed by atoms with E-state index in [9.17, 15) is 14.7 Å². The van der Waals surface area contributed by atoms with E-state index in [1.54, 1.807) is 23.9 Å².